The standard InChI is InChI=1S/C15H13Cl2N3O4S/c1-24-15(23)11-7-3-2-4-9(7)25-13(11)19-10(21)6-20-14(22)12(17)8(16)5-18-20/h5H,2-4,6H2,1H3,(H,19,21). The van der Waals surface area contributed by atoms with Crippen molar-refractivity contribution >= 4 is 51.4 Å². The molecule has 2 heterocycles. The van der Waals surface area contributed by atoms with Gasteiger partial charge in [0, 0.05) is 4.88 Å². The lowest BCUT2D eigenvalue weighted by molar-refractivity contribution is -0.117. The van der Waals surface area contributed by atoms with Crippen LogP contribution < -0.4 is 10.9 Å². The third-order valence-corrected chi connectivity index (χ3v) is 5.76. The van der Waals surface area contributed by atoms with E-state index in [1.807, 2.05) is 0 Å². The highest BCUT2D eigenvalue weighted by Crippen LogP contribution is 2.39. The monoisotopic (exact) mass is 401 g/mol. The predicted octanol–water partition coefficient (Wildman–Crippen LogP) is 2.53. The third-order valence-electron chi connectivity index (χ3n) is 3.80. The van der Waals surface area contributed by atoms with E-state index >= 15 is 0 Å². The van der Waals surface area contributed by atoms with Gasteiger partial charge in [0.05, 0.1) is 23.9 Å². The lowest BCUT2D eigenvalue weighted by atomic mass is 10.1. The number of fused-ring (bicyclic) bond motifs is 1. The molecule has 0 aromatic carbocycles. The summed E-state index contributed by atoms with van der Waals surface area (Å²) >= 11 is 12.8. The Balaban J connectivity index is 1.84. The summed E-state index contributed by atoms with van der Waals surface area (Å²) in [4.78, 5) is 37.4. The molecule has 0 saturated carbocycles. The van der Waals surface area contributed by atoms with Gasteiger partial charge in [-0.15, -0.1) is 11.3 Å². The number of amides is 1. The van der Waals surface area contributed by atoms with E-state index in [-0.39, 0.29) is 16.6 Å². The summed E-state index contributed by atoms with van der Waals surface area (Å²) in [5.74, 6) is -0.988. The molecule has 2 aromatic heterocycles. The van der Waals surface area contributed by atoms with Gasteiger partial charge in [0.25, 0.3) is 5.56 Å². The number of nitrogens with zero attached hydrogens (tertiary/aromatic N) is 2. The van der Waals surface area contributed by atoms with Crippen molar-refractivity contribution in [1.29, 1.82) is 0 Å². The van der Waals surface area contributed by atoms with Gasteiger partial charge in [-0.05, 0) is 24.8 Å². The first-order valence-corrected chi connectivity index (χ1v) is 8.93. The topological polar surface area (TPSA) is 90.3 Å². The number of ether oxygens (including phenoxy) is 1. The number of halogens is 2. The van der Waals surface area contributed by atoms with Crippen molar-refractivity contribution in [3.63, 3.8) is 0 Å². The molecule has 1 N–H and O–H groups in total. The fourth-order valence-electron chi connectivity index (χ4n) is 2.67. The first-order valence-electron chi connectivity index (χ1n) is 7.36. The molecule has 25 heavy (non-hydrogen) atoms. The fourth-order valence-corrected chi connectivity index (χ4v) is 4.23. The SMILES string of the molecule is COC(=O)c1c(NC(=O)Cn2ncc(Cl)c(Cl)c2=O)sc2c1CCC2. The summed E-state index contributed by atoms with van der Waals surface area (Å²) < 4.78 is 5.73. The normalized spacial score (nSPS) is 12.8. The Labute approximate surface area is 156 Å². The molecule has 0 bridgehead atoms. The van der Waals surface area contributed by atoms with Gasteiger partial charge in [-0.1, -0.05) is 23.2 Å². The van der Waals surface area contributed by atoms with E-state index in [1.165, 1.54) is 24.6 Å². The Bertz CT molecular complexity index is 922. The van der Waals surface area contributed by atoms with Crippen LogP contribution in [0.3, 0.4) is 0 Å². The van der Waals surface area contributed by atoms with Crippen molar-refractivity contribution in [3.05, 3.63) is 42.6 Å². The van der Waals surface area contributed by atoms with Crippen molar-refractivity contribution < 1.29 is 14.3 Å². The molecule has 0 atom stereocenters. The number of rotatable bonds is 4. The summed E-state index contributed by atoms with van der Waals surface area (Å²) in [6.45, 7) is -0.348. The molecule has 0 aliphatic heterocycles. The maximum Gasteiger partial charge on any atom is 0.341 e. The number of aryl methyl sites for hydroxylation is 1. The molecule has 7 nitrogen and oxygen atoms in total. The molecule has 0 radical (unpaired) electrons. The van der Waals surface area contributed by atoms with Gasteiger partial charge in [-0.2, -0.15) is 5.10 Å². The smallest absolute Gasteiger partial charge is 0.341 e. The lowest BCUT2D eigenvalue weighted by Gasteiger charge is -2.08. The second-order valence-electron chi connectivity index (χ2n) is 5.37. The number of nitrogens with one attached hydrogen (secondary N) is 1. The van der Waals surface area contributed by atoms with Crippen LogP contribution in [0.15, 0.2) is 11.0 Å². The van der Waals surface area contributed by atoms with Crippen molar-refractivity contribution in [2.24, 2.45) is 0 Å². The van der Waals surface area contributed by atoms with Crippen molar-refractivity contribution in [1.82, 2.24) is 9.78 Å². The zero-order valence-corrected chi connectivity index (χ0v) is 15.4. The highest BCUT2D eigenvalue weighted by molar-refractivity contribution is 7.17. The van der Waals surface area contributed by atoms with Gasteiger partial charge in [0.2, 0.25) is 5.91 Å². The molecule has 10 heteroatoms. The van der Waals surface area contributed by atoms with Crippen molar-refractivity contribution in [2.75, 3.05) is 12.4 Å². The molecular weight excluding hydrogens is 389 g/mol. The van der Waals surface area contributed by atoms with Crippen LogP contribution in [0.2, 0.25) is 10.0 Å². The Morgan fingerprint density at radius 3 is 2.88 bits per heavy atom. The number of carbonyl (C=O) groups is 2. The maximum absolute atomic E-state index is 12.3. The van der Waals surface area contributed by atoms with Gasteiger partial charge in [-0.3, -0.25) is 9.59 Å². The Morgan fingerprint density at radius 1 is 1.40 bits per heavy atom. The van der Waals surface area contributed by atoms with Gasteiger partial charge in [0.15, 0.2) is 0 Å². The maximum atomic E-state index is 12.3. The van der Waals surface area contributed by atoms with Crippen molar-refractivity contribution in [3.8, 4) is 0 Å². The molecule has 0 fully saturated rings. The second kappa shape index (κ2) is 7.15. The molecule has 0 saturated heterocycles. The molecular formula is C15H13Cl2N3O4S. The summed E-state index contributed by atoms with van der Waals surface area (Å²) in [6.07, 6.45) is 3.81. The molecule has 2 aromatic rings. The molecule has 0 spiro atoms. The van der Waals surface area contributed by atoms with Crippen LogP contribution in [0, 0.1) is 0 Å². The second-order valence-corrected chi connectivity index (χ2v) is 7.26. The average Bonchev–Trinajstić information content (AvgIpc) is 3.15. The summed E-state index contributed by atoms with van der Waals surface area (Å²) in [7, 11) is 1.30. The molecule has 1 amide bonds. The number of esters is 1. The summed E-state index contributed by atoms with van der Waals surface area (Å²) in [5, 5.41) is 6.70. The van der Waals surface area contributed by atoms with E-state index in [9.17, 15) is 14.4 Å². The van der Waals surface area contributed by atoms with Crippen LogP contribution >= 0.6 is 34.5 Å². The number of aromatic nitrogens is 2. The fraction of sp³-hybridized carbons (Fsp3) is 0.333. The number of hydrogen-bond acceptors (Lipinski definition) is 6. The minimum absolute atomic E-state index is 0.0194. The number of anilines is 1. The van der Waals surface area contributed by atoms with E-state index < -0.39 is 17.4 Å². The van der Waals surface area contributed by atoms with E-state index in [4.69, 9.17) is 27.9 Å². The number of hydrogen-bond donors (Lipinski definition) is 1. The van der Waals surface area contributed by atoms with Gasteiger partial charge in [0.1, 0.15) is 16.6 Å². The van der Waals surface area contributed by atoms with Crippen LogP contribution in [0.1, 0.15) is 27.2 Å². The Morgan fingerprint density at radius 2 is 2.16 bits per heavy atom. The Hall–Kier alpha value is -1.90. The van der Waals surface area contributed by atoms with E-state index in [1.54, 1.807) is 0 Å². The van der Waals surface area contributed by atoms with E-state index in [0.29, 0.717) is 10.6 Å². The van der Waals surface area contributed by atoms with Crippen LogP contribution in [0.4, 0.5) is 5.00 Å². The minimum Gasteiger partial charge on any atom is -0.465 e. The number of carbonyl (C=O) groups excluding carboxylic acids is 2. The van der Waals surface area contributed by atoms with Crippen LogP contribution in [0.25, 0.3) is 0 Å². The highest BCUT2D eigenvalue weighted by atomic mass is 35.5. The highest BCUT2D eigenvalue weighted by Gasteiger charge is 2.28. The zero-order chi connectivity index (χ0) is 18.1. The number of thiophene rings is 1. The lowest BCUT2D eigenvalue weighted by Crippen LogP contribution is -2.30. The van der Waals surface area contributed by atoms with Crippen molar-refractivity contribution in [2.45, 2.75) is 25.8 Å². The molecule has 3 rings (SSSR count). The Kier molecular flexibility index (Phi) is 5.12. The zero-order valence-electron chi connectivity index (χ0n) is 13.1. The third kappa shape index (κ3) is 3.42. The number of methoxy groups -OCH3 is 1. The largest absolute Gasteiger partial charge is 0.465 e. The summed E-state index contributed by atoms with van der Waals surface area (Å²) in [5.41, 5.74) is 0.658. The first kappa shape index (κ1) is 17.9. The van der Waals surface area contributed by atoms with Crippen LogP contribution in [-0.4, -0.2) is 28.8 Å². The van der Waals surface area contributed by atoms with E-state index in [0.717, 1.165) is 34.4 Å². The van der Waals surface area contributed by atoms with Crippen LogP contribution in [-0.2, 0) is 28.9 Å². The molecule has 1 aliphatic carbocycles. The van der Waals surface area contributed by atoms with Gasteiger partial charge >= 0.3 is 5.97 Å². The summed E-state index contributed by atoms with van der Waals surface area (Å²) in [6, 6.07) is 0. The minimum atomic E-state index is -0.661. The van der Waals surface area contributed by atoms with Crippen LogP contribution in [0.5, 0.6) is 0 Å². The quantitative estimate of drug-likeness (QED) is 0.794. The van der Waals surface area contributed by atoms with Gasteiger partial charge in [-0.25, -0.2) is 9.48 Å². The average molecular weight is 402 g/mol. The van der Waals surface area contributed by atoms with E-state index in [2.05, 4.69) is 10.4 Å². The first-order chi connectivity index (χ1) is 11.9. The predicted molar refractivity (Wildman–Crippen MR) is 94.8 cm³/mol. The molecule has 0 unspecified atom stereocenters. The molecule has 132 valence electrons. The van der Waals surface area contributed by atoms with Gasteiger partial charge < -0.3 is 10.1 Å². The molecule has 1 aliphatic rings.